The first-order valence-corrected chi connectivity index (χ1v) is 10.6. The van der Waals surface area contributed by atoms with E-state index in [0.717, 1.165) is 34.2 Å². The number of nitrogens with zero attached hydrogens (tertiary/aromatic N) is 4. The lowest BCUT2D eigenvalue weighted by atomic mass is 10.0. The molecule has 0 atom stereocenters. The molecule has 0 radical (unpaired) electrons. The van der Waals surface area contributed by atoms with Crippen LogP contribution in [0.15, 0.2) is 85.3 Å². The summed E-state index contributed by atoms with van der Waals surface area (Å²) in [5.41, 5.74) is 13.6. The second-order valence-corrected chi connectivity index (χ2v) is 7.64. The number of aromatic nitrogens is 5. The van der Waals surface area contributed by atoms with E-state index in [4.69, 9.17) is 11.1 Å². The summed E-state index contributed by atoms with van der Waals surface area (Å²) in [6, 6.07) is 7.85. The molecule has 0 spiro atoms. The van der Waals surface area contributed by atoms with Crippen LogP contribution < -0.4 is 5.73 Å². The maximum Gasteiger partial charge on any atom is 0.178 e. The van der Waals surface area contributed by atoms with Crippen LogP contribution in [0, 0.1) is 5.41 Å². The summed E-state index contributed by atoms with van der Waals surface area (Å²) in [5, 5.41) is 8.59. The van der Waals surface area contributed by atoms with E-state index in [1.54, 1.807) is 24.7 Å². The van der Waals surface area contributed by atoms with Gasteiger partial charge in [0.25, 0.3) is 0 Å². The molecule has 4 heterocycles. The third kappa shape index (κ3) is 4.62. The molecule has 0 saturated carbocycles. The van der Waals surface area contributed by atoms with Crippen molar-refractivity contribution < 1.29 is 0 Å². The number of pyridine rings is 3. The van der Waals surface area contributed by atoms with E-state index >= 15 is 0 Å². The van der Waals surface area contributed by atoms with Crippen LogP contribution in [0.1, 0.15) is 30.8 Å². The molecule has 0 unspecified atom stereocenters. The lowest BCUT2D eigenvalue weighted by Crippen LogP contribution is -2.12. The second kappa shape index (κ2) is 9.40. The summed E-state index contributed by atoms with van der Waals surface area (Å²) in [7, 11) is 0. The quantitative estimate of drug-likeness (QED) is 0.283. The minimum atomic E-state index is 0.114. The second-order valence-electron chi connectivity index (χ2n) is 7.64. The van der Waals surface area contributed by atoms with Crippen LogP contribution in [0.2, 0.25) is 0 Å². The Kier molecular flexibility index (Phi) is 6.22. The number of aromatic amines is 1. The smallest absolute Gasteiger partial charge is 0.178 e. The van der Waals surface area contributed by atoms with Gasteiger partial charge in [-0.3, -0.25) is 15.4 Å². The van der Waals surface area contributed by atoms with Crippen molar-refractivity contribution in [3.63, 3.8) is 0 Å². The molecule has 33 heavy (non-hydrogen) atoms. The number of hydrogen-bond donors (Lipinski definition) is 3. The Bertz CT molecular complexity index is 1390. The standard InChI is InChI=1S/C26H25N7/c1-4-18-13-20(15-30-14-18)16(2)5-6-22(27)17(3)23(28)25-32-24-21(9-12-31-26(24)33-25)19-7-10-29-11-8-19/h5-15,28H,3-4,27H2,1-2H3,(H,31,32,33)/b16-5+,22-6+,28-23?. The first kappa shape index (κ1) is 21.8. The highest BCUT2D eigenvalue weighted by Gasteiger charge is 2.16. The van der Waals surface area contributed by atoms with E-state index < -0.39 is 0 Å². The maximum absolute atomic E-state index is 8.59. The molecular formula is C26H25N7. The maximum atomic E-state index is 8.59. The third-order valence-corrected chi connectivity index (χ3v) is 5.44. The fraction of sp³-hybridized carbons (Fsp3) is 0.115. The lowest BCUT2D eigenvalue weighted by molar-refractivity contribution is 1.10. The van der Waals surface area contributed by atoms with E-state index in [2.05, 4.69) is 44.5 Å². The Balaban J connectivity index is 1.59. The van der Waals surface area contributed by atoms with Crippen LogP contribution in [0.3, 0.4) is 0 Å². The van der Waals surface area contributed by atoms with Gasteiger partial charge in [-0.25, -0.2) is 9.97 Å². The van der Waals surface area contributed by atoms with Crippen molar-refractivity contribution in [2.75, 3.05) is 0 Å². The zero-order valence-electron chi connectivity index (χ0n) is 18.6. The van der Waals surface area contributed by atoms with Crippen LogP contribution in [0.5, 0.6) is 0 Å². The number of nitrogens with two attached hydrogens (primary N) is 1. The Morgan fingerprint density at radius 3 is 2.67 bits per heavy atom. The van der Waals surface area contributed by atoms with Crippen molar-refractivity contribution in [1.82, 2.24) is 24.9 Å². The highest BCUT2D eigenvalue weighted by molar-refractivity contribution is 6.12. The van der Waals surface area contributed by atoms with Crippen LogP contribution in [0.25, 0.3) is 27.9 Å². The Hall–Kier alpha value is -4.39. The Morgan fingerprint density at radius 2 is 1.91 bits per heavy atom. The number of aryl methyl sites for hydroxylation is 1. The minimum absolute atomic E-state index is 0.114. The Morgan fingerprint density at radius 1 is 1.12 bits per heavy atom. The minimum Gasteiger partial charge on any atom is -0.398 e. The molecule has 0 aliphatic carbocycles. The van der Waals surface area contributed by atoms with Gasteiger partial charge in [0.2, 0.25) is 0 Å². The number of nitrogens with one attached hydrogen (secondary N) is 2. The van der Waals surface area contributed by atoms with E-state index in [-0.39, 0.29) is 5.71 Å². The van der Waals surface area contributed by atoms with Crippen LogP contribution in [-0.2, 0) is 6.42 Å². The molecule has 4 N–H and O–H groups in total. The van der Waals surface area contributed by atoms with E-state index in [1.165, 1.54) is 5.56 Å². The molecule has 7 heteroatoms. The lowest BCUT2D eigenvalue weighted by Gasteiger charge is -2.06. The van der Waals surface area contributed by atoms with Crippen LogP contribution >= 0.6 is 0 Å². The molecule has 4 rings (SSSR count). The topological polar surface area (TPSA) is 117 Å². The monoisotopic (exact) mass is 435 g/mol. The molecule has 0 bridgehead atoms. The molecule has 0 saturated heterocycles. The van der Waals surface area contributed by atoms with Gasteiger partial charge in [0.15, 0.2) is 11.5 Å². The Labute approximate surface area is 192 Å². The van der Waals surface area contributed by atoms with E-state index in [9.17, 15) is 0 Å². The summed E-state index contributed by atoms with van der Waals surface area (Å²) >= 11 is 0. The average molecular weight is 436 g/mol. The molecule has 4 aromatic heterocycles. The molecular weight excluding hydrogens is 410 g/mol. The van der Waals surface area contributed by atoms with Crippen LogP contribution in [0.4, 0.5) is 0 Å². The van der Waals surface area contributed by atoms with Crippen molar-refractivity contribution in [1.29, 1.82) is 5.41 Å². The van der Waals surface area contributed by atoms with Gasteiger partial charge in [0, 0.05) is 47.8 Å². The average Bonchev–Trinajstić information content (AvgIpc) is 3.31. The fourth-order valence-corrected chi connectivity index (χ4v) is 3.40. The normalized spacial score (nSPS) is 12.2. The van der Waals surface area contributed by atoms with Crippen molar-refractivity contribution in [2.45, 2.75) is 20.3 Å². The molecule has 0 amide bonds. The zero-order chi connectivity index (χ0) is 23.4. The molecule has 164 valence electrons. The van der Waals surface area contributed by atoms with Gasteiger partial charge >= 0.3 is 0 Å². The fourth-order valence-electron chi connectivity index (χ4n) is 3.40. The summed E-state index contributed by atoms with van der Waals surface area (Å²) in [5.74, 6) is 0.362. The number of allylic oxidation sites excluding steroid dienone is 4. The number of imidazole rings is 1. The summed E-state index contributed by atoms with van der Waals surface area (Å²) < 4.78 is 0. The summed E-state index contributed by atoms with van der Waals surface area (Å²) in [4.78, 5) is 20.4. The van der Waals surface area contributed by atoms with Crippen molar-refractivity contribution in [3.8, 4) is 11.1 Å². The molecule has 7 nitrogen and oxygen atoms in total. The van der Waals surface area contributed by atoms with E-state index in [1.807, 2.05) is 43.6 Å². The summed E-state index contributed by atoms with van der Waals surface area (Å²) in [6.45, 7) is 8.11. The summed E-state index contributed by atoms with van der Waals surface area (Å²) in [6.07, 6.45) is 13.5. The predicted molar refractivity (Wildman–Crippen MR) is 133 cm³/mol. The molecule has 0 aliphatic heterocycles. The predicted octanol–water partition coefficient (Wildman–Crippen LogP) is 4.85. The van der Waals surface area contributed by atoms with Gasteiger partial charge < -0.3 is 10.7 Å². The third-order valence-electron chi connectivity index (χ3n) is 5.44. The largest absolute Gasteiger partial charge is 0.398 e. The van der Waals surface area contributed by atoms with Gasteiger partial charge in [-0.05, 0) is 65.9 Å². The highest BCUT2D eigenvalue weighted by Crippen LogP contribution is 2.26. The van der Waals surface area contributed by atoms with Crippen molar-refractivity contribution in [2.24, 2.45) is 5.73 Å². The molecule has 4 aromatic rings. The SMILES string of the molecule is C=C(C(=N)c1nc2nccc(-c3ccncc3)c2[nH]1)/C(N)=C\C=C(/C)c1cncc(CC)c1. The first-order chi connectivity index (χ1) is 16.0. The zero-order valence-corrected chi connectivity index (χ0v) is 18.6. The van der Waals surface area contributed by atoms with Crippen molar-refractivity contribution >= 4 is 22.4 Å². The van der Waals surface area contributed by atoms with E-state index in [0.29, 0.717) is 22.7 Å². The molecule has 0 fully saturated rings. The number of hydrogen-bond acceptors (Lipinski definition) is 6. The first-order valence-electron chi connectivity index (χ1n) is 10.6. The highest BCUT2D eigenvalue weighted by atomic mass is 15.0. The van der Waals surface area contributed by atoms with Crippen LogP contribution in [-0.4, -0.2) is 30.6 Å². The van der Waals surface area contributed by atoms with Gasteiger partial charge in [0.05, 0.1) is 5.52 Å². The van der Waals surface area contributed by atoms with Gasteiger partial charge in [-0.1, -0.05) is 19.6 Å². The molecule has 0 aromatic carbocycles. The van der Waals surface area contributed by atoms with Gasteiger partial charge in [-0.2, -0.15) is 0 Å². The number of rotatable bonds is 7. The van der Waals surface area contributed by atoms with Gasteiger partial charge in [-0.15, -0.1) is 0 Å². The van der Waals surface area contributed by atoms with Crippen molar-refractivity contribution in [3.05, 3.63) is 102 Å². The van der Waals surface area contributed by atoms with Gasteiger partial charge in [0.1, 0.15) is 5.71 Å². The number of H-pyrrole nitrogens is 1. The number of fused-ring (bicyclic) bond motifs is 1. The molecule has 0 aliphatic rings.